The average Bonchev–Trinajstić information content (AvgIpc) is 2.75. The van der Waals surface area contributed by atoms with Gasteiger partial charge in [-0.15, -0.1) is 11.6 Å². The smallest absolute Gasteiger partial charge is 0.151 e. The molecule has 1 heterocycles. The van der Waals surface area contributed by atoms with Gasteiger partial charge in [0.25, 0.3) is 0 Å². The van der Waals surface area contributed by atoms with Crippen LogP contribution < -0.4 is 0 Å². The maximum absolute atomic E-state index is 14.2. The number of aromatic nitrogens is 2. The Hall–Kier alpha value is -0.730. The number of rotatable bonds is 2. The molecule has 3 rings (SSSR count). The lowest BCUT2D eigenvalue weighted by molar-refractivity contribution is 0.567. The first-order valence-corrected chi connectivity index (χ1v) is 8.29. The van der Waals surface area contributed by atoms with Crippen LogP contribution in [0.5, 0.6) is 0 Å². The van der Waals surface area contributed by atoms with Gasteiger partial charge in [0.05, 0.1) is 16.9 Å². The fraction of sp³-hybridized carbons (Fsp3) is 0.0714. The molecule has 0 fully saturated rings. The molecule has 0 aliphatic heterocycles. The van der Waals surface area contributed by atoms with Crippen LogP contribution in [0.3, 0.4) is 0 Å². The van der Waals surface area contributed by atoms with E-state index in [2.05, 4.69) is 43.5 Å². The van der Waals surface area contributed by atoms with E-state index in [4.69, 9.17) is 11.6 Å². The van der Waals surface area contributed by atoms with Crippen LogP contribution in [0, 0.1) is 15.2 Å². The summed E-state index contributed by atoms with van der Waals surface area (Å²) in [4.78, 5) is 4.35. The molecule has 7 heteroatoms. The molecule has 0 aliphatic carbocycles. The molecular formula is C14H7BrClF2IN2. The highest BCUT2D eigenvalue weighted by Crippen LogP contribution is 2.29. The lowest BCUT2D eigenvalue weighted by atomic mass is 10.2. The van der Waals surface area contributed by atoms with E-state index < -0.39 is 11.6 Å². The molecule has 0 N–H and O–H groups in total. The second-order valence-electron chi connectivity index (χ2n) is 4.35. The molecule has 0 radical (unpaired) electrons. The summed E-state index contributed by atoms with van der Waals surface area (Å²) in [6.07, 6.45) is 0. The molecule has 0 aliphatic rings. The summed E-state index contributed by atoms with van der Waals surface area (Å²) in [5.41, 5.74) is 1.10. The molecule has 0 saturated heterocycles. The number of hydrogen-bond donors (Lipinski definition) is 0. The minimum absolute atomic E-state index is 0.0558. The van der Waals surface area contributed by atoms with Crippen LogP contribution in [0.25, 0.3) is 16.7 Å². The highest BCUT2D eigenvalue weighted by molar-refractivity contribution is 14.1. The molecule has 2 aromatic carbocycles. The second kappa shape index (κ2) is 5.81. The predicted octanol–water partition coefficient (Wildman–Crippen LogP) is 5.41. The number of hydrogen-bond acceptors (Lipinski definition) is 1. The maximum atomic E-state index is 14.2. The van der Waals surface area contributed by atoms with Crippen LogP contribution in [0.2, 0.25) is 0 Å². The predicted molar refractivity (Wildman–Crippen MR) is 91.0 cm³/mol. The van der Waals surface area contributed by atoms with E-state index in [1.165, 1.54) is 16.7 Å². The lowest BCUT2D eigenvalue weighted by Gasteiger charge is -2.10. The number of alkyl halides is 1. The highest BCUT2D eigenvalue weighted by atomic mass is 127. The van der Waals surface area contributed by atoms with Crippen molar-refractivity contribution in [1.82, 2.24) is 9.55 Å². The first-order valence-electron chi connectivity index (χ1n) is 5.89. The zero-order chi connectivity index (χ0) is 15.1. The quantitative estimate of drug-likeness (QED) is 0.352. The molecule has 2 nitrogen and oxygen atoms in total. The van der Waals surface area contributed by atoms with Crippen LogP contribution in [-0.2, 0) is 5.88 Å². The van der Waals surface area contributed by atoms with Crippen molar-refractivity contribution >= 4 is 61.2 Å². The van der Waals surface area contributed by atoms with E-state index in [1.54, 1.807) is 6.07 Å². The first-order chi connectivity index (χ1) is 10.0. The van der Waals surface area contributed by atoms with Crippen LogP contribution in [-0.4, -0.2) is 9.55 Å². The van der Waals surface area contributed by atoms with Gasteiger partial charge in [0.15, 0.2) is 11.6 Å². The Morgan fingerprint density at radius 1 is 1.19 bits per heavy atom. The van der Waals surface area contributed by atoms with Crippen molar-refractivity contribution in [3.63, 3.8) is 0 Å². The Kier molecular flexibility index (Phi) is 4.20. The van der Waals surface area contributed by atoms with Gasteiger partial charge in [-0.25, -0.2) is 13.8 Å². The Morgan fingerprint density at radius 3 is 2.48 bits per heavy atom. The molecule has 1 aromatic heterocycles. The van der Waals surface area contributed by atoms with Crippen molar-refractivity contribution < 1.29 is 8.78 Å². The van der Waals surface area contributed by atoms with Crippen LogP contribution >= 0.6 is 50.1 Å². The van der Waals surface area contributed by atoms with Crippen molar-refractivity contribution in [1.29, 1.82) is 0 Å². The van der Waals surface area contributed by atoms with Crippen molar-refractivity contribution in [3.8, 4) is 5.69 Å². The van der Waals surface area contributed by atoms with Gasteiger partial charge in [-0.3, -0.25) is 4.57 Å². The Bertz CT molecular complexity index is 827. The molecule has 108 valence electrons. The van der Waals surface area contributed by atoms with Crippen LogP contribution in [0.15, 0.2) is 34.8 Å². The number of halogens is 5. The molecule has 0 bridgehead atoms. The van der Waals surface area contributed by atoms with Crippen LogP contribution in [0.4, 0.5) is 8.78 Å². The van der Waals surface area contributed by atoms with E-state index in [0.717, 1.165) is 3.57 Å². The number of nitrogens with zero attached hydrogens (tertiary/aromatic N) is 2. The third kappa shape index (κ3) is 2.68. The third-order valence-electron chi connectivity index (χ3n) is 3.01. The highest BCUT2D eigenvalue weighted by Gasteiger charge is 2.19. The third-order valence-corrected chi connectivity index (χ3v) is 4.38. The van der Waals surface area contributed by atoms with Crippen molar-refractivity contribution in [3.05, 3.63) is 55.8 Å². The van der Waals surface area contributed by atoms with E-state index in [-0.39, 0.29) is 11.6 Å². The van der Waals surface area contributed by atoms with Gasteiger partial charge < -0.3 is 0 Å². The molecule has 0 saturated carbocycles. The van der Waals surface area contributed by atoms with E-state index in [0.29, 0.717) is 21.3 Å². The minimum atomic E-state index is -0.675. The van der Waals surface area contributed by atoms with Gasteiger partial charge in [-0.1, -0.05) is 15.9 Å². The standard InChI is InChI=1S/C14H7BrClF2IN2/c15-7-3-9(17)14(10(18)4-7)21-12-2-1-8(19)5-11(12)20-13(21)6-16/h1-5H,6H2. The fourth-order valence-electron chi connectivity index (χ4n) is 2.19. The van der Waals surface area contributed by atoms with Gasteiger partial charge in [-0.05, 0) is 52.9 Å². The van der Waals surface area contributed by atoms with Gasteiger partial charge in [-0.2, -0.15) is 0 Å². The van der Waals surface area contributed by atoms with Gasteiger partial charge >= 0.3 is 0 Å². The largest absolute Gasteiger partial charge is 0.290 e. The minimum Gasteiger partial charge on any atom is -0.290 e. The molecule has 0 atom stereocenters. The number of fused-ring (bicyclic) bond motifs is 1. The van der Waals surface area contributed by atoms with E-state index in [9.17, 15) is 8.78 Å². The monoisotopic (exact) mass is 482 g/mol. The summed E-state index contributed by atoms with van der Waals surface area (Å²) in [7, 11) is 0. The van der Waals surface area contributed by atoms with Gasteiger partial charge in [0.2, 0.25) is 0 Å². The van der Waals surface area contributed by atoms with Crippen LogP contribution in [0.1, 0.15) is 5.82 Å². The van der Waals surface area contributed by atoms with Crippen molar-refractivity contribution in [2.24, 2.45) is 0 Å². The summed E-state index contributed by atoms with van der Waals surface area (Å²) >= 11 is 11.1. The van der Waals surface area contributed by atoms with Gasteiger partial charge in [0, 0.05) is 8.04 Å². The summed E-state index contributed by atoms with van der Waals surface area (Å²) in [5, 5.41) is 0. The molecule has 0 unspecified atom stereocenters. The zero-order valence-electron chi connectivity index (χ0n) is 10.4. The zero-order valence-corrected chi connectivity index (χ0v) is 14.9. The van der Waals surface area contributed by atoms with Crippen molar-refractivity contribution in [2.45, 2.75) is 5.88 Å². The lowest BCUT2D eigenvalue weighted by Crippen LogP contribution is -2.05. The van der Waals surface area contributed by atoms with Crippen molar-refractivity contribution in [2.75, 3.05) is 0 Å². The summed E-state index contributed by atoms with van der Waals surface area (Å²) in [6.45, 7) is 0. The van der Waals surface area contributed by atoms with E-state index >= 15 is 0 Å². The molecule has 0 amide bonds. The number of imidazole rings is 1. The Morgan fingerprint density at radius 2 is 1.86 bits per heavy atom. The first kappa shape index (κ1) is 15.2. The summed E-state index contributed by atoms with van der Waals surface area (Å²) in [5.74, 6) is -0.897. The molecule has 3 aromatic rings. The molecule has 21 heavy (non-hydrogen) atoms. The van der Waals surface area contributed by atoms with Gasteiger partial charge in [0.1, 0.15) is 11.5 Å². The normalized spacial score (nSPS) is 11.3. The summed E-state index contributed by atoms with van der Waals surface area (Å²) < 4.78 is 31.2. The SMILES string of the molecule is Fc1cc(Br)cc(F)c1-n1c(CCl)nc2cc(I)ccc21. The Balaban J connectivity index is 2.39. The number of benzene rings is 2. The molecule has 0 spiro atoms. The molecular weight excluding hydrogens is 476 g/mol. The summed E-state index contributed by atoms with van der Waals surface area (Å²) in [6, 6.07) is 7.91. The maximum Gasteiger partial charge on any atom is 0.151 e. The Labute approximate surface area is 146 Å². The second-order valence-corrected chi connectivity index (χ2v) is 6.78. The average molecular weight is 483 g/mol. The topological polar surface area (TPSA) is 17.8 Å². The fourth-order valence-corrected chi connectivity index (χ4v) is 3.25. The van der Waals surface area contributed by atoms with E-state index in [1.807, 2.05) is 12.1 Å².